The smallest absolute Gasteiger partial charge is 0.169 e. The maximum absolute atomic E-state index is 5.49. The van der Waals surface area contributed by atoms with Crippen molar-refractivity contribution in [3.8, 4) is 0 Å². The fraction of sp³-hybridized carbons (Fsp3) is 0.389. The van der Waals surface area contributed by atoms with Crippen LogP contribution in [0, 0.1) is 6.92 Å². The zero-order valence-corrected chi connectivity index (χ0v) is 14.3. The van der Waals surface area contributed by atoms with Gasteiger partial charge >= 0.3 is 0 Å². The summed E-state index contributed by atoms with van der Waals surface area (Å²) in [5.41, 5.74) is 2.71. The first-order chi connectivity index (χ1) is 11.2. The molecular weight excluding hydrogens is 306 g/mol. The van der Waals surface area contributed by atoms with Crippen molar-refractivity contribution in [2.24, 2.45) is 0 Å². The van der Waals surface area contributed by atoms with E-state index in [2.05, 4.69) is 46.3 Å². The Morgan fingerprint density at radius 3 is 2.70 bits per heavy atom. The van der Waals surface area contributed by atoms with Crippen LogP contribution in [0.5, 0.6) is 0 Å². The van der Waals surface area contributed by atoms with E-state index in [4.69, 9.17) is 16.6 Å². The summed E-state index contributed by atoms with van der Waals surface area (Å²) in [6.45, 7) is 7.82. The van der Waals surface area contributed by atoms with Gasteiger partial charge in [0.1, 0.15) is 5.76 Å². The zero-order chi connectivity index (χ0) is 16.1. The number of nitrogens with one attached hydrogen (secondary N) is 1. The highest BCUT2D eigenvalue weighted by Gasteiger charge is 2.18. The number of nitrogens with zero attached hydrogens (tertiary/aromatic N) is 2. The van der Waals surface area contributed by atoms with Gasteiger partial charge in [-0.3, -0.25) is 4.90 Å². The molecule has 1 aromatic heterocycles. The van der Waals surface area contributed by atoms with Gasteiger partial charge in [-0.15, -0.1) is 0 Å². The van der Waals surface area contributed by atoms with Gasteiger partial charge < -0.3 is 14.6 Å². The van der Waals surface area contributed by atoms with Crippen LogP contribution < -0.4 is 5.32 Å². The predicted octanol–water partition coefficient (Wildman–Crippen LogP) is 2.78. The lowest BCUT2D eigenvalue weighted by Gasteiger charge is -2.36. The van der Waals surface area contributed by atoms with Crippen LogP contribution in [0.3, 0.4) is 0 Å². The molecule has 2 aromatic rings. The molecule has 1 aliphatic heterocycles. The number of hydrogen-bond donors (Lipinski definition) is 1. The number of hydrogen-bond acceptors (Lipinski definition) is 3. The first kappa shape index (κ1) is 16.0. The van der Waals surface area contributed by atoms with E-state index in [1.807, 2.05) is 12.1 Å². The highest BCUT2D eigenvalue weighted by Crippen LogP contribution is 2.10. The minimum Gasteiger partial charge on any atom is -0.467 e. The van der Waals surface area contributed by atoms with Crippen molar-refractivity contribution in [3.05, 3.63) is 59.5 Å². The SMILES string of the molecule is Cc1cccc(CN2CCN(C(=S)NCc3ccco3)CC2)c1. The number of rotatable bonds is 4. The highest BCUT2D eigenvalue weighted by molar-refractivity contribution is 7.80. The molecular formula is C18H23N3OS. The molecule has 0 aliphatic carbocycles. The standard InChI is InChI=1S/C18H23N3OS/c1-15-4-2-5-16(12-15)14-20-7-9-21(10-8-20)18(23)19-13-17-6-3-11-22-17/h2-6,11-12H,7-10,13-14H2,1H3,(H,19,23). The van der Waals surface area contributed by atoms with Crippen LogP contribution in [0.15, 0.2) is 47.1 Å². The summed E-state index contributed by atoms with van der Waals surface area (Å²) >= 11 is 5.49. The van der Waals surface area contributed by atoms with Gasteiger partial charge in [0.05, 0.1) is 12.8 Å². The van der Waals surface area contributed by atoms with E-state index in [0.717, 1.165) is 43.6 Å². The summed E-state index contributed by atoms with van der Waals surface area (Å²) < 4.78 is 5.32. The summed E-state index contributed by atoms with van der Waals surface area (Å²) in [7, 11) is 0. The van der Waals surface area contributed by atoms with Crippen molar-refractivity contribution < 1.29 is 4.42 Å². The molecule has 0 bridgehead atoms. The maximum atomic E-state index is 5.49. The summed E-state index contributed by atoms with van der Waals surface area (Å²) in [4.78, 5) is 4.73. The molecule has 23 heavy (non-hydrogen) atoms. The molecule has 1 aliphatic rings. The number of aryl methyl sites for hydroxylation is 1. The van der Waals surface area contributed by atoms with E-state index >= 15 is 0 Å². The average Bonchev–Trinajstić information content (AvgIpc) is 3.07. The molecule has 5 heteroatoms. The fourth-order valence-corrected chi connectivity index (χ4v) is 3.12. The lowest BCUT2D eigenvalue weighted by Crippen LogP contribution is -2.51. The maximum Gasteiger partial charge on any atom is 0.169 e. The van der Waals surface area contributed by atoms with Gasteiger partial charge in [-0.2, -0.15) is 0 Å². The van der Waals surface area contributed by atoms with Crippen LogP contribution in [0.2, 0.25) is 0 Å². The third-order valence-corrected chi connectivity index (χ3v) is 4.54. The molecule has 1 aromatic carbocycles. The second kappa shape index (κ2) is 7.62. The Kier molecular flexibility index (Phi) is 5.31. The van der Waals surface area contributed by atoms with E-state index in [1.54, 1.807) is 6.26 Å². The second-order valence-corrected chi connectivity index (χ2v) is 6.38. The zero-order valence-electron chi connectivity index (χ0n) is 13.5. The normalized spacial score (nSPS) is 15.6. The lowest BCUT2D eigenvalue weighted by atomic mass is 10.1. The van der Waals surface area contributed by atoms with Crippen molar-refractivity contribution >= 4 is 17.3 Å². The van der Waals surface area contributed by atoms with Gasteiger partial charge in [0.25, 0.3) is 0 Å². The highest BCUT2D eigenvalue weighted by atomic mass is 32.1. The molecule has 3 rings (SSSR count). The van der Waals surface area contributed by atoms with Gasteiger partial charge in [-0.1, -0.05) is 29.8 Å². The first-order valence-corrected chi connectivity index (χ1v) is 8.44. The quantitative estimate of drug-likeness (QED) is 0.872. The summed E-state index contributed by atoms with van der Waals surface area (Å²) in [5, 5.41) is 4.09. The second-order valence-electron chi connectivity index (χ2n) is 5.99. The largest absolute Gasteiger partial charge is 0.467 e. The first-order valence-electron chi connectivity index (χ1n) is 8.04. The summed E-state index contributed by atoms with van der Waals surface area (Å²) in [6.07, 6.45) is 1.68. The van der Waals surface area contributed by atoms with Crippen LogP contribution in [0.1, 0.15) is 16.9 Å². The van der Waals surface area contributed by atoms with Crippen LogP contribution in [0.4, 0.5) is 0 Å². The number of thiocarbonyl (C=S) groups is 1. The predicted molar refractivity (Wildman–Crippen MR) is 96.2 cm³/mol. The van der Waals surface area contributed by atoms with Crippen molar-refractivity contribution in [2.75, 3.05) is 26.2 Å². The van der Waals surface area contributed by atoms with Crippen molar-refractivity contribution in [2.45, 2.75) is 20.0 Å². The van der Waals surface area contributed by atoms with E-state index in [1.165, 1.54) is 11.1 Å². The molecule has 1 saturated heterocycles. The van der Waals surface area contributed by atoms with Crippen molar-refractivity contribution in [3.63, 3.8) is 0 Å². The summed E-state index contributed by atoms with van der Waals surface area (Å²) in [6, 6.07) is 12.6. The van der Waals surface area contributed by atoms with Crippen molar-refractivity contribution in [1.29, 1.82) is 0 Å². The number of furan rings is 1. The Morgan fingerprint density at radius 2 is 2.00 bits per heavy atom. The minimum absolute atomic E-state index is 0.648. The van der Waals surface area contributed by atoms with Crippen LogP contribution in [0.25, 0.3) is 0 Å². The summed E-state index contributed by atoms with van der Waals surface area (Å²) in [5.74, 6) is 0.908. The fourth-order valence-electron chi connectivity index (χ4n) is 2.87. The topological polar surface area (TPSA) is 31.6 Å². The molecule has 122 valence electrons. The van der Waals surface area contributed by atoms with Crippen LogP contribution in [-0.2, 0) is 13.1 Å². The van der Waals surface area contributed by atoms with Gasteiger partial charge in [0, 0.05) is 32.7 Å². The van der Waals surface area contributed by atoms with Crippen LogP contribution in [-0.4, -0.2) is 41.1 Å². The van der Waals surface area contributed by atoms with E-state index < -0.39 is 0 Å². The van der Waals surface area contributed by atoms with Gasteiger partial charge in [0.2, 0.25) is 0 Å². The third-order valence-electron chi connectivity index (χ3n) is 4.14. The Balaban J connectivity index is 1.43. The molecule has 0 radical (unpaired) electrons. The molecule has 0 amide bonds. The lowest BCUT2D eigenvalue weighted by molar-refractivity contribution is 0.174. The number of piperazine rings is 1. The molecule has 1 N–H and O–H groups in total. The van der Waals surface area contributed by atoms with E-state index in [9.17, 15) is 0 Å². The monoisotopic (exact) mass is 329 g/mol. The Morgan fingerprint density at radius 1 is 1.17 bits per heavy atom. The molecule has 0 atom stereocenters. The van der Waals surface area contributed by atoms with Gasteiger partial charge in [-0.05, 0) is 36.8 Å². The molecule has 2 heterocycles. The third kappa shape index (κ3) is 4.56. The van der Waals surface area contributed by atoms with E-state index in [0.29, 0.717) is 6.54 Å². The Hall–Kier alpha value is -1.85. The molecule has 4 nitrogen and oxygen atoms in total. The molecule has 1 fully saturated rings. The molecule has 0 saturated carbocycles. The minimum atomic E-state index is 0.648. The van der Waals surface area contributed by atoms with Crippen LogP contribution >= 0.6 is 12.2 Å². The van der Waals surface area contributed by atoms with Crippen molar-refractivity contribution in [1.82, 2.24) is 15.1 Å². The average molecular weight is 329 g/mol. The van der Waals surface area contributed by atoms with Gasteiger partial charge in [-0.25, -0.2) is 0 Å². The van der Waals surface area contributed by atoms with E-state index in [-0.39, 0.29) is 0 Å². The molecule has 0 spiro atoms. The Bertz CT molecular complexity index is 633. The number of benzene rings is 1. The molecule has 0 unspecified atom stereocenters. The van der Waals surface area contributed by atoms with Gasteiger partial charge in [0.15, 0.2) is 5.11 Å². The Labute approximate surface area is 143 Å².